The highest BCUT2D eigenvalue weighted by Gasteiger charge is 2.45. The normalized spacial score (nSPS) is 21.1. The Balaban J connectivity index is 1.97. The molecule has 0 atom stereocenters. The van der Waals surface area contributed by atoms with E-state index >= 15 is 0 Å². The molecule has 1 amide bonds. The molecular weight excluding hydrogens is 271 g/mol. The molecule has 108 valence electrons. The van der Waals surface area contributed by atoms with Gasteiger partial charge in [0, 0.05) is 0 Å². The van der Waals surface area contributed by atoms with E-state index in [1.807, 2.05) is 0 Å². The number of amides is 1. The molecule has 0 radical (unpaired) electrons. The average Bonchev–Trinajstić information content (AvgIpc) is 2.39. The van der Waals surface area contributed by atoms with Crippen molar-refractivity contribution in [1.82, 2.24) is 0 Å². The molecule has 0 aromatic heterocycles. The predicted octanol–water partition coefficient (Wildman–Crippen LogP) is 3.74. The zero-order valence-corrected chi connectivity index (χ0v) is 10.7. The maximum absolute atomic E-state index is 12.7. The number of fused-ring (bicyclic) bond motifs is 1. The van der Waals surface area contributed by atoms with E-state index in [0.717, 1.165) is 31.4 Å². The van der Waals surface area contributed by atoms with Crippen molar-refractivity contribution in [2.45, 2.75) is 43.9 Å². The fourth-order valence-corrected chi connectivity index (χ4v) is 2.83. The van der Waals surface area contributed by atoms with E-state index < -0.39 is 17.3 Å². The Morgan fingerprint density at radius 1 is 1.15 bits per heavy atom. The van der Waals surface area contributed by atoms with Crippen LogP contribution >= 0.6 is 0 Å². The van der Waals surface area contributed by atoms with Gasteiger partial charge in [-0.3, -0.25) is 4.79 Å². The summed E-state index contributed by atoms with van der Waals surface area (Å²) in [5.74, 6) is -0.134. The van der Waals surface area contributed by atoms with Crippen molar-refractivity contribution in [3.8, 4) is 5.75 Å². The van der Waals surface area contributed by atoms with E-state index in [2.05, 4.69) is 5.32 Å². The lowest BCUT2D eigenvalue weighted by Crippen LogP contribution is -2.52. The van der Waals surface area contributed by atoms with Crippen LogP contribution in [0.2, 0.25) is 0 Å². The summed E-state index contributed by atoms with van der Waals surface area (Å²) in [6.45, 7) is 0. The molecule has 1 aromatic rings. The van der Waals surface area contributed by atoms with Crippen LogP contribution in [-0.4, -0.2) is 11.5 Å². The van der Waals surface area contributed by atoms with E-state index in [-0.39, 0.29) is 11.7 Å². The van der Waals surface area contributed by atoms with Gasteiger partial charge in [-0.25, -0.2) is 0 Å². The second-order valence-corrected chi connectivity index (χ2v) is 5.32. The number of ether oxygens (including phenoxy) is 1. The summed E-state index contributed by atoms with van der Waals surface area (Å²) < 4.78 is 43.9. The number of benzene rings is 1. The molecular formula is C14H14F3NO2. The Bertz CT molecular complexity index is 548. The molecule has 1 aliphatic carbocycles. The molecule has 1 aliphatic heterocycles. The molecule has 0 saturated heterocycles. The molecule has 2 aliphatic rings. The maximum Gasteiger partial charge on any atom is 0.416 e. The first-order valence-corrected chi connectivity index (χ1v) is 6.62. The monoisotopic (exact) mass is 285 g/mol. The van der Waals surface area contributed by atoms with Crippen LogP contribution in [0.1, 0.15) is 37.7 Å². The van der Waals surface area contributed by atoms with Crippen LogP contribution in [0.25, 0.3) is 0 Å². The summed E-state index contributed by atoms with van der Waals surface area (Å²) in [7, 11) is 0. The van der Waals surface area contributed by atoms with Crippen LogP contribution in [0.5, 0.6) is 5.75 Å². The van der Waals surface area contributed by atoms with Crippen molar-refractivity contribution >= 4 is 11.6 Å². The lowest BCUT2D eigenvalue weighted by molar-refractivity contribution is -0.138. The molecule has 0 bridgehead atoms. The standard InChI is InChI=1S/C14H14F3NO2/c15-14(16,17)9-4-5-10-11(8-9)20-13(12(19)18-10)6-2-1-3-7-13/h4-5,8H,1-3,6-7H2,(H,18,19). The van der Waals surface area contributed by atoms with Crippen LogP contribution in [-0.2, 0) is 11.0 Å². The Kier molecular flexibility index (Phi) is 2.92. The molecule has 1 fully saturated rings. The summed E-state index contributed by atoms with van der Waals surface area (Å²) in [5, 5.41) is 2.67. The molecule has 1 aromatic carbocycles. The molecule has 1 spiro atoms. The number of alkyl halides is 3. The zero-order chi connectivity index (χ0) is 14.4. The minimum atomic E-state index is -4.42. The number of nitrogens with one attached hydrogen (secondary N) is 1. The van der Waals surface area contributed by atoms with Gasteiger partial charge in [0.1, 0.15) is 5.75 Å². The second-order valence-electron chi connectivity index (χ2n) is 5.32. The number of halogens is 3. The van der Waals surface area contributed by atoms with Gasteiger partial charge in [0.25, 0.3) is 5.91 Å². The Hall–Kier alpha value is -1.72. The zero-order valence-electron chi connectivity index (χ0n) is 10.7. The largest absolute Gasteiger partial charge is 0.475 e. The Morgan fingerprint density at radius 3 is 2.50 bits per heavy atom. The smallest absolute Gasteiger partial charge is 0.416 e. The molecule has 1 heterocycles. The van der Waals surface area contributed by atoms with Crippen LogP contribution < -0.4 is 10.1 Å². The minimum Gasteiger partial charge on any atom is -0.475 e. The van der Waals surface area contributed by atoms with Crippen LogP contribution in [0.15, 0.2) is 18.2 Å². The van der Waals surface area contributed by atoms with E-state index in [1.165, 1.54) is 6.07 Å². The molecule has 6 heteroatoms. The van der Waals surface area contributed by atoms with Gasteiger partial charge >= 0.3 is 6.18 Å². The van der Waals surface area contributed by atoms with E-state index in [0.29, 0.717) is 18.5 Å². The van der Waals surface area contributed by atoms with Gasteiger partial charge in [-0.05, 0) is 43.9 Å². The summed E-state index contributed by atoms with van der Waals surface area (Å²) in [5.41, 5.74) is -1.45. The Labute approximate surface area is 114 Å². The van der Waals surface area contributed by atoms with Gasteiger partial charge in [0.2, 0.25) is 0 Å². The van der Waals surface area contributed by atoms with Gasteiger partial charge in [0.05, 0.1) is 11.3 Å². The number of anilines is 1. The number of carbonyl (C=O) groups excluding carboxylic acids is 1. The quantitative estimate of drug-likeness (QED) is 0.788. The van der Waals surface area contributed by atoms with Crippen molar-refractivity contribution in [1.29, 1.82) is 0 Å². The van der Waals surface area contributed by atoms with Gasteiger partial charge in [-0.2, -0.15) is 13.2 Å². The minimum absolute atomic E-state index is 0.112. The fourth-order valence-electron chi connectivity index (χ4n) is 2.83. The first kappa shape index (κ1) is 13.3. The predicted molar refractivity (Wildman–Crippen MR) is 66.5 cm³/mol. The first-order chi connectivity index (χ1) is 9.41. The average molecular weight is 285 g/mol. The number of carbonyl (C=O) groups is 1. The van der Waals surface area contributed by atoms with Gasteiger partial charge in [0.15, 0.2) is 5.60 Å². The van der Waals surface area contributed by atoms with Crippen LogP contribution in [0.3, 0.4) is 0 Å². The second kappa shape index (κ2) is 4.40. The van der Waals surface area contributed by atoms with Crippen molar-refractivity contribution < 1.29 is 22.7 Å². The third kappa shape index (κ3) is 2.13. The SMILES string of the molecule is O=C1Nc2ccc(C(F)(F)F)cc2OC12CCCCC2. The topological polar surface area (TPSA) is 38.3 Å². The van der Waals surface area contributed by atoms with Gasteiger partial charge in [-0.1, -0.05) is 6.42 Å². The highest BCUT2D eigenvalue weighted by Crippen LogP contribution is 2.43. The summed E-state index contributed by atoms with van der Waals surface area (Å²) in [4.78, 5) is 12.2. The van der Waals surface area contributed by atoms with Gasteiger partial charge < -0.3 is 10.1 Å². The van der Waals surface area contributed by atoms with Crippen molar-refractivity contribution in [2.75, 3.05) is 5.32 Å². The fraction of sp³-hybridized carbons (Fsp3) is 0.500. The third-order valence-electron chi connectivity index (χ3n) is 3.94. The molecule has 1 N–H and O–H groups in total. The van der Waals surface area contributed by atoms with Crippen molar-refractivity contribution in [3.05, 3.63) is 23.8 Å². The molecule has 1 saturated carbocycles. The lowest BCUT2D eigenvalue weighted by Gasteiger charge is -2.40. The summed E-state index contributed by atoms with van der Waals surface area (Å²) >= 11 is 0. The van der Waals surface area contributed by atoms with E-state index in [4.69, 9.17) is 4.74 Å². The van der Waals surface area contributed by atoms with Crippen LogP contribution in [0, 0.1) is 0 Å². The molecule has 3 rings (SSSR count). The highest BCUT2D eigenvalue weighted by molar-refractivity contribution is 6.00. The summed E-state index contributed by atoms with van der Waals surface area (Å²) in [6.07, 6.45) is -0.597. The highest BCUT2D eigenvalue weighted by atomic mass is 19.4. The lowest BCUT2D eigenvalue weighted by atomic mass is 9.83. The number of hydrogen-bond acceptors (Lipinski definition) is 2. The van der Waals surface area contributed by atoms with Crippen molar-refractivity contribution in [2.24, 2.45) is 0 Å². The Morgan fingerprint density at radius 2 is 1.85 bits per heavy atom. The first-order valence-electron chi connectivity index (χ1n) is 6.62. The molecule has 3 nitrogen and oxygen atoms in total. The summed E-state index contributed by atoms with van der Waals surface area (Å²) in [6, 6.07) is 3.15. The van der Waals surface area contributed by atoms with Crippen molar-refractivity contribution in [3.63, 3.8) is 0 Å². The third-order valence-corrected chi connectivity index (χ3v) is 3.94. The van der Waals surface area contributed by atoms with Gasteiger partial charge in [-0.15, -0.1) is 0 Å². The molecule has 0 unspecified atom stereocenters. The number of hydrogen-bond donors (Lipinski definition) is 1. The maximum atomic E-state index is 12.7. The number of rotatable bonds is 0. The van der Waals surface area contributed by atoms with E-state index in [1.54, 1.807) is 0 Å². The van der Waals surface area contributed by atoms with Crippen LogP contribution in [0.4, 0.5) is 18.9 Å². The molecule has 20 heavy (non-hydrogen) atoms. The van der Waals surface area contributed by atoms with E-state index in [9.17, 15) is 18.0 Å².